The summed E-state index contributed by atoms with van der Waals surface area (Å²) in [6.45, 7) is 3.17. The summed E-state index contributed by atoms with van der Waals surface area (Å²) >= 11 is 0. The molecule has 0 aromatic carbocycles. The fourth-order valence-corrected chi connectivity index (χ4v) is 1.61. The number of nitrogens with zero attached hydrogens (tertiary/aromatic N) is 3. The molecule has 1 aliphatic rings. The van der Waals surface area contributed by atoms with Crippen molar-refractivity contribution in [1.29, 1.82) is 0 Å². The van der Waals surface area contributed by atoms with Crippen molar-refractivity contribution in [3.63, 3.8) is 0 Å². The Hall–Kier alpha value is -1.32. The fourth-order valence-electron chi connectivity index (χ4n) is 1.61. The Morgan fingerprint density at radius 1 is 1.50 bits per heavy atom. The molecule has 1 heterocycles. The summed E-state index contributed by atoms with van der Waals surface area (Å²) in [6.07, 6.45) is 6.16. The van der Waals surface area contributed by atoms with Crippen LogP contribution in [0.2, 0.25) is 0 Å². The highest BCUT2D eigenvalue weighted by Crippen LogP contribution is 2.30. The first-order chi connectivity index (χ1) is 6.85. The summed E-state index contributed by atoms with van der Waals surface area (Å²) in [4.78, 5) is 11.0. The molecule has 1 aromatic heterocycles. The van der Waals surface area contributed by atoms with Crippen LogP contribution in [-0.2, 0) is 0 Å². The summed E-state index contributed by atoms with van der Waals surface area (Å²) in [5.41, 5.74) is 0. The summed E-state index contributed by atoms with van der Waals surface area (Å²) in [5.74, 6) is 1.82. The van der Waals surface area contributed by atoms with Crippen LogP contribution in [0.15, 0.2) is 12.4 Å². The fraction of sp³-hybridized carbons (Fsp3) is 0.600. The number of hydrogen-bond acceptors (Lipinski definition) is 4. The van der Waals surface area contributed by atoms with E-state index in [9.17, 15) is 0 Å². The number of anilines is 2. The normalized spacial score (nSPS) is 15.3. The average molecular weight is 192 g/mol. The van der Waals surface area contributed by atoms with Gasteiger partial charge in [0.15, 0.2) is 0 Å². The second kappa shape index (κ2) is 3.82. The first-order valence-corrected chi connectivity index (χ1v) is 5.11. The van der Waals surface area contributed by atoms with Crippen molar-refractivity contribution in [2.45, 2.75) is 25.8 Å². The lowest BCUT2D eigenvalue weighted by Crippen LogP contribution is -2.26. The van der Waals surface area contributed by atoms with Crippen molar-refractivity contribution in [2.75, 3.05) is 23.8 Å². The summed E-state index contributed by atoms with van der Waals surface area (Å²) in [6, 6.07) is 0.696. The lowest BCUT2D eigenvalue weighted by atomic mass is 10.4. The molecule has 1 aromatic rings. The zero-order chi connectivity index (χ0) is 9.97. The Labute approximate surface area is 84.4 Å². The van der Waals surface area contributed by atoms with Crippen LogP contribution in [0.5, 0.6) is 0 Å². The van der Waals surface area contributed by atoms with E-state index in [2.05, 4.69) is 27.1 Å². The minimum absolute atomic E-state index is 0.696. The van der Waals surface area contributed by atoms with Crippen molar-refractivity contribution in [3.8, 4) is 0 Å². The minimum atomic E-state index is 0.696. The highest BCUT2D eigenvalue weighted by Gasteiger charge is 2.28. The molecule has 0 aliphatic heterocycles. The first-order valence-electron chi connectivity index (χ1n) is 5.11. The molecule has 1 N–H and O–H groups in total. The molecule has 1 aliphatic carbocycles. The van der Waals surface area contributed by atoms with Crippen LogP contribution in [0.4, 0.5) is 11.6 Å². The SMILES string of the molecule is CCN(c1cncc(NC)n1)C1CC1. The molecule has 0 bridgehead atoms. The minimum Gasteiger partial charge on any atom is -0.372 e. The zero-order valence-corrected chi connectivity index (χ0v) is 8.70. The van der Waals surface area contributed by atoms with Gasteiger partial charge in [-0.3, -0.25) is 4.98 Å². The van der Waals surface area contributed by atoms with E-state index in [1.54, 1.807) is 6.20 Å². The van der Waals surface area contributed by atoms with E-state index in [4.69, 9.17) is 0 Å². The van der Waals surface area contributed by atoms with Gasteiger partial charge in [0.05, 0.1) is 12.4 Å². The van der Waals surface area contributed by atoms with Gasteiger partial charge in [-0.2, -0.15) is 0 Å². The topological polar surface area (TPSA) is 41.1 Å². The number of hydrogen-bond donors (Lipinski definition) is 1. The van der Waals surface area contributed by atoms with Gasteiger partial charge in [-0.25, -0.2) is 4.98 Å². The van der Waals surface area contributed by atoms with Gasteiger partial charge in [-0.15, -0.1) is 0 Å². The van der Waals surface area contributed by atoms with Crippen LogP contribution in [-0.4, -0.2) is 29.6 Å². The number of rotatable bonds is 4. The molecule has 76 valence electrons. The van der Waals surface area contributed by atoms with Crippen molar-refractivity contribution in [3.05, 3.63) is 12.4 Å². The summed E-state index contributed by atoms with van der Waals surface area (Å²) in [7, 11) is 1.86. The molecule has 2 rings (SSSR count). The van der Waals surface area contributed by atoms with E-state index in [-0.39, 0.29) is 0 Å². The van der Waals surface area contributed by atoms with Crippen molar-refractivity contribution in [2.24, 2.45) is 0 Å². The molecule has 0 unspecified atom stereocenters. The molecule has 1 fully saturated rings. The van der Waals surface area contributed by atoms with Gasteiger partial charge in [-0.1, -0.05) is 0 Å². The molecular formula is C10H16N4. The quantitative estimate of drug-likeness (QED) is 0.785. The van der Waals surface area contributed by atoms with Crippen molar-refractivity contribution in [1.82, 2.24) is 9.97 Å². The molecule has 4 heteroatoms. The van der Waals surface area contributed by atoms with E-state index in [0.717, 1.165) is 18.2 Å². The molecular weight excluding hydrogens is 176 g/mol. The second-order valence-corrected chi connectivity index (χ2v) is 3.53. The highest BCUT2D eigenvalue weighted by atomic mass is 15.2. The second-order valence-electron chi connectivity index (χ2n) is 3.53. The standard InChI is InChI=1S/C10H16N4/c1-3-14(8-4-5-8)10-7-12-6-9(11-2)13-10/h6-8H,3-5H2,1-2H3,(H,11,13). The van der Waals surface area contributed by atoms with Gasteiger partial charge in [0.25, 0.3) is 0 Å². The smallest absolute Gasteiger partial charge is 0.149 e. The van der Waals surface area contributed by atoms with E-state index >= 15 is 0 Å². The number of nitrogens with one attached hydrogen (secondary N) is 1. The van der Waals surface area contributed by atoms with Crippen LogP contribution in [0.3, 0.4) is 0 Å². The van der Waals surface area contributed by atoms with Crippen LogP contribution < -0.4 is 10.2 Å². The maximum atomic E-state index is 4.48. The monoisotopic (exact) mass is 192 g/mol. The lowest BCUT2D eigenvalue weighted by molar-refractivity contribution is 0.804. The molecule has 14 heavy (non-hydrogen) atoms. The largest absolute Gasteiger partial charge is 0.372 e. The van der Waals surface area contributed by atoms with Gasteiger partial charge in [0.1, 0.15) is 11.6 Å². The maximum absolute atomic E-state index is 4.48. The molecule has 0 saturated heterocycles. The van der Waals surface area contributed by atoms with Gasteiger partial charge in [-0.05, 0) is 19.8 Å². The van der Waals surface area contributed by atoms with E-state index in [0.29, 0.717) is 6.04 Å². The van der Waals surface area contributed by atoms with E-state index < -0.39 is 0 Å². The Morgan fingerprint density at radius 2 is 2.29 bits per heavy atom. The Morgan fingerprint density at radius 3 is 2.86 bits per heavy atom. The molecule has 4 nitrogen and oxygen atoms in total. The molecule has 1 saturated carbocycles. The zero-order valence-electron chi connectivity index (χ0n) is 8.70. The van der Waals surface area contributed by atoms with Gasteiger partial charge in [0.2, 0.25) is 0 Å². The van der Waals surface area contributed by atoms with Crippen LogP contribution in [0.1, 0.15) is 19.8 Å². The van der Waals surface area contributed by atoms with Gasteiger partial charge >= 0.3 is 0 Å². The molecule has 0 spiro atoms. The third kappa shape index (κ3) is 1.78. The third-order valence-corrected chi connectivity index (χ3v) is 2.50. The van der Waals surface area contributed by atoms with Crippen LogP contribution in [0.25, 0.3) is 0 Å². The van der Waals surface area contributed by atoms with Crippen LogP contribution in [0, 0.1) is 0 Å². The predicted molar refractivity (Wildman–Crippen MR) is 57.6 cm³/mol. The molecule has 0 radical (unpaired) electrons. The van der Waals surface area contributed by atoms with Gasteiger partial charge in [0, 0.05) is 19.6 Å². The predicted octanol–water partition coefficient (Wildman–Crippen LogP) is 1.51. The lowest BCUT2D eigenvalue weighted by Gasteiger charge is -2.21. The van der Waals surface area contributed by atoms with Crippen LogP contribution >= 0.6 is 0 Å². The van der Waals surface area contributed by atoms with E-state index in [1.807, 2.05) is 13.2 Å². The highest BCUT2D eigenvalue weighted by molar-refractivity contribution is 5.45. The van der Waals surface area contributed by atoms with Crippen molar-refractivity contribution >= 4 is 11.6 Å². The average Bonchev–Trinajstić information content (AvgIpc) is 3.04. The van der Waals surface area contributed by atoms with Gasteiger partial charge < -0.3 is 10.2 Å². The number of aromatic nitrogens is 2. The Balaban J connectivity index is 2.20. The first kappa shape index (κ1) is 9.24. The molecule has 0 amide bonds. The van der Waals surface area contributed by atoms with E-state index in [1.165, 1.54) is 12.8 Å². The maximum Gasteiger partial charge on any atom is 0.149 e. The Kier molecular flexibility index (Phi) is 2.52. The van der Waals surface area contributed by atoms with Crippen molar-refractivity contribution < 1.29 is 0 Å². The Bertz CT molecular complexity index is 309. The summed E-state index contributed by atoms with van der Waals surface area (Å²) in [5, 5.41) is 3.01. The molecule has 0 atom stereocenters. The third-order valence-electron chi connectivity index (χ3n) is 2.50. The summed E-state index contributed by atoms with van der Waals surface area (Å²) < 4.78 is 0.